The summed E-state index contributed by atoms with van der Waals surface area (Å²) in [4.78, 5) is 28.4. The number of carbonyl (C=O) groups excluding carboxylic acids is 2. The second-order valence-electron chi connectivity index (χ2n) is 9.17. The number of nitrogens with zero attached hydrogens (tertiary/aromatic N) is 2. The zero-order valence-electron chi connectivity index (χ0n) is 21.5. The normalized spacial score (nSPS) is 15.8. The third kappa shape index (κ3) is 6.59. The molecule has 2 amide bonds. The number of benzene rings is 2. The molecular weight excluding hydrogens is 448 g/mol. The predicted octanol–water partition coefficient (Wildman–Crippen LogP) is 4.43. The molecule has 190 valence electrons. The molecule has 35 heavy (non-hydrogen) atoms. The van der Waals surface area contributed by atoms with E-state index in [9.17, 15) is 9.59 Å². The number of rotatable bonds is 11. The van der Waals surface area contributed by atoms with Gasteiger partial charge in [0.15, 0.2) is 5.60 Å². The lowest BCUT2D eigenvalue weighted by Crippen LogP contribution is -2.39. The van der Waals surface area contributed by atoms with Crippen molar-refractivity contribution in [2.45, 2.75) is 52.3 Å². The Labute approximate surface area is 207 Å². The molecular formula is C27H36N2O6. The summed E-state index contributed by atoms with van der Waals surface area (Å²) in [6, 6.07) is 13.4. The Bertz CT molecular complexity index is 1020. The number of urea groups is 1. The molecule has 1 fully saturated rings. The van der Waals surface area contributed by atoms with Crippen molar-refractivity contribution < 1.29 is 28.5 Å². The first-order chi connectivity index (χ1) is 16.6. The van der Waals surface area contributed by atoms with Crippen LogP contribution in [0.4, 0.5) is 4.79 Å². The van der Waals surface area contributed by atoms with E-state index < -0.39 is 11.6 Å². The molecule has 2 aromatic rings. The smallest absolute Gasteiger partial charge is 0.349 e. The lowest BCUT2D eigenvalue weighted by molar-refractivity contribution is -0.158. The van der Waals surface area contributed by atoms with Crippen molar-refractivity contribution in [2.75, 3.05) is 33.9 Å². The van der Waals surface area contributed by atoms with E-state index in [1.54, 1.807) is 38.8 Å². The van der Waals surface area contributed by atoms with E-state index in [1.165, 1.54) is 0 Å². The van der Waals surface area contributed by atoms with Gasteiger partial charge in [-0.3, -0.25) is 0 Å². The number of esters is 1. The highest BCUT2D eigenvalue weighted by Crippen LogP contribution is 2.28. The van der Waals surface area contributed by atoms with Crippen LogP contribution in [0.15, 0.2) is 42.5 Å². The Hall–Kier alpha value is -3.42. The van der Waals surface area contributed by atoms with Crippen molar-refractivity contribution in [3.8, 4) is 17.2 Å². The topological polar surface area (TPSA) is 77.5 Å². The molecule has 3 rings (SSSR count). The van der Waals surface area contributed by atoms with Crippen LogP contribution in [0.1, 0.15) is 38.3 Å². The minimum Gasteiger partial charge on any atom is -0.497 e. The number of aryl methyl sites for hydroxylation is 1. The molecule has 8 nitrogen and oxygen atoms in total. The largest absolute Gasteiger partial charge is 0.497 e. The quantitative estimate of drug-likeness (QED) is 0.439. The molecule has 1 aliphatic heterocycles. The van der Waals surface area contributed by atoms with Crippen molar-refractivity contribution in [3.63, 3.8) is 0 Å². The zero-order chi connectivity index (χ0) is 25.6. The van der Waals surface area contributed by atoms with Crippen LogP contribution >= 0.6 is 0 Å². The minimum absolute atomic E-state index is 0.0207. The van der Waals surface area contributed by atoms with Crippen molar-refractivity contribution >= 4 is 12.0 Å². The second kappa shape index (κ2) is 11.3. The lowest BCUT2D eigenvalue weighted by atomic mass is 10.1. The van der Waals surface area contributed by atoms with Gasteiger partial charge in [0.1, 0.15) is 17.2 Å². The summed E-state index contributed by atoms with van der Waals surface area (Å²) >= 11 is 0. The van der Waals surface area contributed by atoms with E-state index in [1.807, 2.05) is 55.3 Å². The summed E-state index contributed by atoms with van der Waals surface area (Å²) in [5.41, 5.74) is 0.840. The first kappa shape index (κ1) is 26.2. The van der Waals surface area contributed by atoms with E-state index in [2.05, 4.69) is 0 Å². The summed E-state index contributed by atoms with van der Waals surface area (Å²) in [6.45, 7) is 9.04. The standard InChI is InChI=1S/C27H36N2O6/c1-7-33-25(30)27(3,4)35-24-13-12-23(16-19(24)2)34-15-14-21-18-29(26(31)28(21)5)17-20-8-10-22(32-6)11-9-20/h8-13,16,21H,7,14-15,17-18H2,1-6H3/t21-/m0/s1. The van der Waals surface area contributed by atoms with Crippen molar-refractivity contribution in [3.05, 3.63) is 53.6 Å². The van der Waals surface area contributed by atoms with Gasteiger partial charge in [-0.2, -0.15) is 0 Å². The number of ether oxygens (including phenoxy) is 4. The van der Waals surface area contributed by atoms with E-state index in [0.717, 1.165) is 16.9 Å². The predicted molar refractivity (Wildman–Crippen MR) is 133 cm³/mol. The molecule has 1 aliphatic rings. The van der Waals surface area contributed by atoms with Gasteiger partial charge < -0.3 is 28.7 Å². The fourth-order valence-corrected chi connectivity index (χ4v) is 3.96. The third-order valence-corrected chi connectivity index (χ3v) is 6.08. The molecule has 1 atom stereocenters. The van der Waals surface area contributed by atoms with E-state index >= 15 is 0 Å². The van der Waals surface area contributed by atoms with Crippen LogP contribution in [0.2, 0.25) is 0 Å². The van der Waals surface area contributed by atoms with Gasteiger partial charge in [-0.1, -0.05) is 12.1 Å². The van der Waals surface area contributed by atoms with E-state index in [-0.39, 0.29) is 12.1 Å². The minimum atomic E-state index is -1.08. The third-order valence-electron chi connectivity index (χ3n) is 6.08. The number of hydrogen-bond acceptors (Lipinski definition) is 6. The zero-order valence-corrected chi connectivity index (χ0v) is 21.5. The molecule has 0 unspecified atom stereocenters. The van der Waals surface area contributed by atoms with Gasteiger partial charge >= 0.3 is 12.0 Å². The maximum absolute atomic E-state index is 12.7. The molecule has 2 aromatic carbocycles. The number of likely N-dealkylation sites (N-methyl/N-ethyl adjacent to an activating group) is 1. The lowest BCUT2D eigenvalue weighted by Gasteiger charge is -2.25. The van der Waals surface area contributed by atoms with Gasteiger partial charge in [0, 0.05) is 26.6 Å². The van der Waals surface area contributed by atoms with Crippen LogP contribution in [-0.4, -0.2) is 67.4 Å². The van der Waals surface area contributed by atoms with Crippen LogP contribution in [0.3, 0.4) is 0 Å². The molecule has 1 heterocycles. The second-order valence-corrected chi connectivity index (χ2v) is 9.17. The fourth-order valence-electron chi connectivity index (χ4n) is 3.96. The van der Waals surface area contributed by atoms with E-state index in [0.29, 0.717) is 44.2 Å². The summed E-state index contributed by atoms with van der Waals surface area (Å²) in [5.74, 6) is 1.71. The first-order valence-corrected chi connectivity index (χ1v) is 11.9. The summed E-state index contributed by atoms with van der Waals surface area (Å²) in [6.07, 6.45) is 0.717. The fraction of sp³-hybridized carbons (Fsp3) is 0.481. The maximum Gasteiger partial charge on any atom is 0.349 e. The van der Waals surface area contributed by atoms with Crippen molar-refractivity contribution in [1.82, 2.24) is 9.80 Å². The first-order valence-electron chi connectivity index (χ1n) is 11.9. The molecule has 1 saturated heterocycles. The number of carbonyl (C=O) groups is 2. The van der Waals surface area contributed by atoms with Crippen molar-refractivity contribution in [1.29, 1.82) is 0 Å². The van der Waals surface area contributed by atoms with Crippen LogP contribution in [0, 0.1) is 6.92 Å². The Morgan fingerprint density at radius 3 is 2.43 bits per heavy atom. The molecule has 8 heteroatoms. The van der Waals surface area contributed by atoms with Gasteiger partial charge in [-0.25, -0.2) is 9.59 Å². The molecule has 0 radical (unpaired) electrons. The molecule has 0 bridgehead atoms. The summed E-state index contributed by atoms with van der Waals surface area (Å²) in [5, 5.41) is 0. The van der Waals surface area contributed by atoms with Crippen LogP contribution in [0.25, 0.3) is 0 Å². The van der Waals surface area contributed by atoms with Gasteiger partial charge in [-0.05, 0) is 69.2 Å². The summed E-state index contributed by atoms with van der Waals surface area (Å²) in [7, 11) is 3.47. The monoisotopic (exact) mass is 484 g/mol. The highest BCUT2D eigenvalue weighted by Gasteiger charge is 2.34. The summed E-state index contributed by atoms with van der Waals surface area (Å²) < 4.78 is 22.2. The van der Waals surface area contributed by atoms with E-state index in [4.69, 9.17) is 18.9 Å². The maximum atomic E-state index is 12.7. The highest BCUT2D eigenvalue weighted by atomic mass is 16.6. The molecule has 0 aromatic heterocycles. The van der Waals surface area contributed by atoms with Crippen LogP contribution in [-0.2, 0) is 16.1 Å². The van der Waals surface area contributed by atoms with Gasteiger partial charge in [0.2, 0.25) is 0 Å². The highest BCUT2D eigenvalue weighted by molar-refractivity contribution is 5.79. The average molecular weight is 485 g/mol. The Morgan fingerprint density at radius 2 is 1.80 bits per heavy atom. The molecule has 0 spiro atoms. The Kier molecular flexibility index (Phi) is 8.48. The van der Waals surface area contributed by atoms with Crippen molar-refractivity contribution in [2.24, 2.45) is 0 Å². The Balaban J connectivity index is 1.51. The van der Waals surface area contributed by atoms with Crippen LogP contribution in [0.5, 0.6) is 17.2 Å². The van der Waals surface area contributed by atoms with Gasteiger partial charge in [-0.15, -0.1) is 0 Å². The molecule has 0 N–H and O–H groups in total. The Morgan fingerprint density at radius 1 is 1.11 bits per heavy atom. The SMILES string of the molecule is CCOC(=O)C(C)(C)Oc1ccc(OCC[C@H]2CN(Cc3ccc(OC)cc3)C(=O)N2C)cc1C. The molecule has 0 saturated carbocycles. The molecule has 0 aliphatic carbocycles. The van der Waals surface area contributed by atoms with Gasteiger partial charge in [0.05, 0.1) is 26.4 Å². The van der Waals surface area contributed by atoms with Gasteiger partial charge in [0.25, 0.3) is 0 Å². The van der Waals surface area contributed by atoms with Crippen LogP contribution < -0.4 is 14.2 Å². The average Bonchev–Trinajstić information content (AvgIpc) is 3.09. The number of amides is 2. The number of hydrogen-bond donors (Lipinski definition) is 0. The number of methoxy groups -OCH3 is 1.